The average Bonchev–Trinajstić information content (AvgIpc) is 2.38. The molecular weight excluding hydrogens is 242 g/mol. The van der Waals surface area contributed by atoms with Gasteiger partial charge in [-0.15, -0.1) is 0 Å². The van der Waals surface area contributed by atoms with Crippen LogP contribution in [0.5, 0.6) is 0 Å². The van der Waals surface area contributed by atoms with Crippen molar-refractivity contribution in [2.45, 2.75) is 32.4 Å². The topological polar surface area (TPSA) is 54.5 Å². The molecule has 1 saturated heterocycles. The van der Waals surface area contributed by atoms with Crippen molar-refractivity contribution < 1.29 is 9.53 Å². The standard InChI is InChI=1S/C14H21N3O2/c1-14(2,3)19-13(18)17-8-7-16-10-12(17)11-5-4-6-15-9-11/h4-6,9,12,16H,7-8,10H2,1-3H3/t12-/m1/s1. The molecule has 5 nitrogen and oxygen atoms in total. The van der Waals surface area contributed by atoms with Crippen LogP contribution in [0.4, 0.5) is 4.79 Å². The normalized spacial score (nSPS) is 20.2. The Labute approximate surface area is 114 Å². The summed E-state index contributed by atoms with van der Waals surface area (Å²) >= 11 is 0. The van der Waals surface area contributed by atoms with Gasteiger partial charge in [-0.05, 0) is 32.4 Å². The van der Waals surface area contributed by atoms with Crippen molar-refractivity contribution in [3.8, 4) is 0 Å². The van der Waals surface area contributed by atoms with Gasteiger partial charge in [-0.1, -0.05) is 6.07 Å². The first-order chi connectivity index (χ1) is 8.97. The minimum atomic E-state index is -0.471. The highest BCUT2D eigenvalue weighted by atomic mass is 16.6. The molecule has 1 fully saturated rings. The minimum absolute atomic E-state index is 0.0164. The number of hydrogen-bond acceptors (Lipinski definition) is 4. The Morgan fingerprint density at radius 2 is 2.32 bits per heavy atom. The highest BCUT2D eigenvalue weighted by molar-refractivity contribution is 5.69. The highest BCUT2D eigenvalue weighted by Crippen LogP contribution is 2.23. The first kappa shape index (κ1) is 13.8. The van der Waals surface area contributed by atoms with Gasteiger partial charge in [-0.25, -0.2) is 4.79 Å². The van der Waals surface area contributed by atoms with Crippen LogP contribution in [0.25, 0.3) is 0 Å². The molecule has 1 aromatic heterocycles. The zero-order valence-electron chi connectivity index (χ0n) is 11.7. The molecule has 2 rings (SSSR count). The maximum Gasteiger partial charge on any atom is 0.410 e. The van der Waals surface area contributed by atoms with Gasteiger partial charge in [0.05, 0.1) is 6.04 Å². The molecule has 1 aliphatic rings. The van der Waals surface area contributed by atoms with Gasteiger partial charge < -0.3 is 10.1 Å². The maximum absolute atomic E-state index is 12.3. The zero-order valence-corrected chi connectivity index (χ0v) is 11.7. The fourth-order valence-electron chi connectivity index (χ4n) is 2.11. The zero-order chi connectivity index (χ0) is 13.9. The lowest BCUT2D eigenvalue weighted by Crippen LogP contribution is -2.50. The van der Waals surface area contributed by atoms with E-state index >= 15 is 0 Å². The monoisotopic (exact) mass is 263 g/mol. The van der Waals surface area contributed by atoms with Crippen LogP contribution in [0.15, 0.2) is 24.5 Å². The number of nitrogens with zero attached hydrogens (tertiary/aromatic N) is 2. The Morgan fingerprint density at radius 3 is 2.95 bits per heavy atom. The fraction of sp³-hybridized carbons (Fsp3) is 0.571. The van der Waals surface area contributed by atoms with E-state index in [2.05, 4.69) is 10.3 Å². The predicted molar refractivity (Wildman–Crippen MR) is 72.8 cm³/mol. The Bertz CT molecular complexity index is 428. The number of nitrogens with one attached hydrogen (secondary N) is 1. The molecule has 0 spiro atoms. The largest absolute Gasteiger partial charge is 0.444 e. The molecule has 5 heteroatoms. The Hall–Kier alpha value is -1.62. The molecule has 0 aliphatic carbocycles. The summed E-state index contributed by atoms with van der Waals surface area (Å²) in [6.07, 6.45) is 3.27. The molecule has 0 bridgehead atoms. The maximum atomic E-state index is 12.3. The van der Waals surface area contributed by atoms with Gasteiger partial charge in [0.25, 0.3) is 0 Å². The van der Waals surface area contributed by atoms with E-state index in [-0.39, 0.29) is 12.1 Å². The van der Waals surface area contributed by atoms with Gasteiger partial charge in [0.15, 0.2) is 0 Å². The summed E-state index contributed by atoms with van der Waals surface area (Å²) in [4.78, 5) is 18.2. The fourth-order valence-corrected chi connectivity index (χ4v) is 2.11. The molecule has 0 unspecified atom stereocenters. The van der Waals surface area contributed by atoms with E-state index in [0.717, 1.165) is 18.7 Å². The molecule has 0 aromatic carbocycles. The summed E-state index contributed by atoms with van der Waals surface area (Å²) in [7, 11) is 0. The first-order valence-corrected chi connectivity index (χ1v) is 6.57. The minimum Gasteiger partial charge on any atom is -0.444 e. The number of carbonyl (C=O) groups is 1. The third-order valence-electron chi connectivity index (χ3n) is 2.94. The van der Waals surface area contributed by atoms with Crippen molar-refractivity contribution in [1.29, 1.82) is 0 Å². The second-order valence-electron chi connectivity index (χ2n) is 5.68. The van der Waals surface area contributed by atoms with Crippen LogP contribution in [0.3, 0.4) is 0 Å². The van der Waals surface area contributed by atoms with Crippen LogP contribution in [0.1, 0.15) is 32.4 Å². The second-order valence-corrected chi connectivity index (χ2v) is 5.68. The lowest BCUT2D eigenvalue weighted by atomic mass is 10.1. The van der Waals surface area contributed by atoms with Crippen LogP contribution in [-0.4, -0.2) is 41.2 Å². The van der Waals surface area contributed by atoms with Crippen LogP contribution in [0.2, 0.25) is 0 Å². The molecule has 1 atom stereocenters. The third-order valence-corrected chi connectivity index (χ3v) is 2.94. The molecule has 1 aromatic rings. The van der Waals surface area contributed by atoms with Crippen molar-refractivity contribution in [3.63, 3.8) is 0 Å². The Balaban J connectivity index is 2.15. The van der Waals surface area contributed by atoms with E-state index in [0.29, 0.717) is 6.54 Å². The van der Waals surface area contributed by atoms with Crippen molar-refractivity contribution in [2.75, 3.05) is 19.6 Å². The number of hydrogen-bond donors (Lipinski definition) is 1. The highest BCUT2D eigenvalue weighted by Gasteiger charge is 2.31. The van der Waals surface area contributed by atoms with Crippen molar-refractivity contribution in [1.82, 2.24) is 15.2 Å². The molecule has 1 N–H and O–H groups in total. The van der Waals surface area contributed by atoms with E-state index in [1.165, 1.54) is 0 Å². The van der Waals surface area contributed by atoms with Crippen LogP contribution >= 0.6 is 0 Å². The van der Waals surface area contributed by atoms with E-state index in [1.807, 2.05) is 32.9 Å². The van der Waals surface area contributed by atoms with E-state index in [9.17, 15) is 4.79 Å². The van der Waals surface area contributed by atoms with Crippen molar-refractivity contribution >= 4 is 6.09 Å². The molecule has 0 radical (unpaired) electrons. The quantitative estimate of drug-likeness (QED) is 0.841. The van der Waals surface area contributed by atoms with Crippen LogP contribution in [0, 0.1) is 0 Å². The Morgan fingerprint density at radius 1 is 1.53 bits per heavy atom. The summed E-state index contributed by atoms with van der Waals surface area (Å²) in [6, 6.07) is 3.86. The predicted octanol–water partition coefficient (Wildman–Crippen LogP) is 1.96. The molecule has 0 saturated carbocycles. The number of carbonyl (C=O) groups excluding carboxylic acids is 1. The lowest BCUT2D eigenvalue weighted by molar-refractivity contribution is 0.0117. The van der Waals surface area contributed by atoms with Gasteiger partial charge >= 0.3 is 6.09 Å². The van der Waals surface area contributed by atoms with Gasteiger partial charge in [-0.2, -0.15) is 0 Å². The SMILES string of the molecule is CC(C)(C)OC(=O)N1CCNC[C@@H]1c1cccnc1. The van der Waals surface area contributed by atoms with Gasteiger partial charge in [0.1, 0.15) is 5.60 Å². The molecule has 2 heterocycles. The van der Waals surface area contributed by atoms with Gasteiger partial charge in [0.2, 0.25) is 0 Å². The summed E-state index contributed by atoms with van der Waals surface area (Å²) in [5.74, 6) is 0. The molecular formula is C14H21N3O2. The van der Waals surface area contributed by atoms with E-state index in [4.69, 9.17) is 4.74 Å². The number of piperazine rings is 1. The lowest BCUT2D eigenvalue weighted by Gasteiger charge is -2.37. The molecule has 1 amide bonds. The van der Waals surface area contributed by atoms with Crippen LogP contribution < -0.4 is 5.32 Å². The first-order valence-electron chi connectivity index (χ1n) is 6.57. The number of pyridine rings is 1. The van der Waals surface area contributed by atoms with E-state index < -0.39 is 5.60 Å². The summed E-state index contributed by atoms with van der Waals surface area (Å²) in [5, 5.41) is 3.30. The Kier molecular flexibility index (Phi) is 4.04. The molecule has 104 valence electrons. The smallest absolute Gasteiger partial charge is 0.410 e. The third kappa shape index (κ3) is 3.67. The summed E-state index contributed by atoms with van der Waals surface area (Å²) < 4.78 is 5.47. The van der Waals surface area contributed by atoms with Gasteiger partial charge in [0, 0.05) is 32.0 Å². The van der Waals surface area contributed by atoms with Crippen molar-refractivity contribution in [2.24, 2.45) is 0 Å². The molecule has 1 aliphatic heterocycles. The number of ether oxygens (including phenoxy) is 1. The van der Waals surface area contributed by atoms with Gasteiger partial charge in [-0.3, -0.25) is 9.88 Å². The second kappa shape index (κ2) is 5.57. The average molecular weight is 263 g/mol. The molecule has 19 heavy (non-hydrogen) atoms. The summed E-state index contributed by atoms with van der Waals surface area (Å²) in [6.45, 7) is 7.81. The number of amides is 1. The number of rotatable bonds is 1. The summed E-state index contributed by atoms with van der Waals surface area (Å²) in [5.41, 5.74) is 0.558. The van der Waals surface area contributed by atoms with Crippen molar-refractivity contribution in [3.05, 3.63) is 30.1 Å². The van der Waals surface area contributed by atoms with Crippen LogP contribution in [-0.2, 0) is 4.74 Å². The van der Waals surface area contributed by atoms with E-state index in [1.54, 1.807) is 17.3 Å². The number of aromatic nitrogens is 1.